The molecule has 0 fully saturated rings. The van der Waals surface area contributed by atoms with Crippen LogP contribution in [-0.2, 0) is 0 Å². The largest absolute Gasteiger partial charge is 0.289 e. The molecule has 0 saturated carbocycles. The van der Waals surface area contributed by atoms with Crippen LogP contribution in [0, 0.1) is 0 Å². The van der Waals surface area contributed by atoms with E-state index in [0.29, 0.717) is 10.7 Å². The van der Waals surface area contributed by atoms with Crippen LogP contribution < -0.4 is 11.3 Å². The molecule has 0 aliphatic heterocycles. The summed E-state index contributed by atoms with van der Waals surface area (Å²) in [4.78, 5) is 20.1. The smallest absolute Gasteiger partial charge is 0.284 e. The van der Waals surface area contributed by atoms with Gasteiger partial charge in [-0.2, -0.15) is 0 Å². The minimum Gasteiger partial charge on any atom is -0.289 e. The number of carbonyl (C=O) groups is 1. The van der Waals surface area contributed by atoms with Gasteiger partial charge in [-0.3, -0.25) is 10.2 Å². The Kier molecular flexibility index (Phi) is 2.94. The lowest BCUT2D eigenvalue weighted by Crippen LogP contribution is -2.30. The standard InChI is InChI=1S/C13H10N4OS/c14-17-12(18)11-7-19-13(16-11)10-6-5-8-3-1-2-4-9(8)15-10/h1-7H,14H2,(H,17,18). The number of hydrogen-bond acceptors (Lipinski definition) is 5. The fourth-order valence-corrected chi connectivity index (χ4v) is 2.52. The molecule has 0 aliphatic carbocycles. The van der Waals surface area contributed by atoms with E-state index in [1.807, 2.05) is 36.4 Å². The fraction of sp³-hybridized carbons (Fsp3) is 0. The van der Waals surface area contributed by atoms with Gasteiger partial charge in [-0.1, -0.05) is 24.3 Å². The highest BCUT2D eigenvalue weighted by molar-refractivity contribution is 7.13. The number of hydrogen-bond donors (Lipinski definition) is 2. The number of nitrogens with two attached hydrogens (primary N) is 1. The fourth-order valence-electron chi connectivity index (χ4n) is 1.75. The highest BCUT2D eigenvalue weighted by atomic mass is 32.1. The van der Waals surface area contributed by atoms with Crippen LogP contribution in [0.2, 0.25) is 0 Å². The summed E-state index contributed by atoms with van der Waals surface area (Å²) in [7, 11) is 0. The second kappa shape index (κ2) is 4.75. The van der Waals surface area contributed by atoms with Crippen LogP contribution in [0.3, 0.4) is 0 Å². The maximum Gasteiger partial charge on any atom is 0.284 e. The summed E-state index contributed by atoms with van der Waals surface area (Å²) in [6.07, 6.45) is 0. The van der Waals surface area contributed by atoms with Gasteiger partial charge >= 0.3 is 0 Å². The Morgan fingerprint density at radius 1 is 1.16 bits per heavy atom. The predicted molar refractivity (Wildman–Crippen MR) is 74.5 cm³/mol. The number of nitrogens with one attached hydrogen (secondary N) is 1. The van der Waals surface area contributed by atoms with Crippen LogP contribution in [0.15, 0.2) is 41.8 Å². The van der Waals surface area contributed by atoms with E-state index in [-0.39, 0.29) is 0 Å². The second-order valence-corrected chi connectivity index (χ2v) is 4.76. The number of thiazole rings is 1. The maximum absolute atomic E-state index is 11.4. The van der Waals surface area contributed by atoms with Crippen LogP contribution in [0.25, 0.3) is 21.6 Å². The van der Waals surface area contributed by atoms with Gasteiger partial charge in [-0.25, -0.2) is 15.8 Å². The van der Waals surface area contributed by atoms with Crippen molar-refractivity contribution in [3.05, 3.63) is 47.5 Å². The molecule has 0 unspecified atom stereocenters. The molecule has 0 atom stereocenters. The number of benzene rings is 1. The molecule has 1 aromatic carbocycles. The first-order valence-corrected chi connectivity index (χ1v) is 6.48. The van der Waals surface area contributed by atoms with Gasteiger partial charge in [0.2, 0.25) is 0 Å². The molecule has 0 aliphatic rings. The monoisotopic (exact) mass is 270 g/mol. The molecule has 0 spiro atoms. The van der Waals surface area contributed by atoms with Crippen molar-refractivity contribution in [1.29, 1.82) is 0 Å². The molecule has 2 aromatic heterocycles. The lowest BCUT2D eigenvalue weighted by atomic mass is 10.2. The first kappa shape index (κ1) is 11.8. The van der Waals surface area contributed by atoms with E-state index in [4.69, 9.17) is 5.84 Å². The van der Waals surface area contributed by atoms with Gasteiger partial charge in [0.25, 0.3) is 5.91 Å². The first-order chi connectivity index (χ1) is 9.28. The third-order valence-corrected chi connectivity index (χ3v) is 3.55. The predicted octanol–water partition coefficient (Wildman–Crippen LogP) is 1.96. The van der Waals surface area contributed by atoms with E-state index in [9.17, 15) is 4.79 Å². The highest BCUT2D eigenvalue weighted by Gasteiger charge is 2.11. The highest BCUT2D eigenvalue weighted by Crippen LogP contribution is 2.24. The minimum atomic E-state index is -0.400. The molecule has 19 heavy (non-hydrogen) atoms. The van der Waals surface area contributed by atoms with Gasteiger partial charge in [-0.15, -0.1) is 11.3 Å². The topological polar surface area (TPSA) is 80.9 Å². The quantitative estimate of drug-likeness (QED) is 0.424. The number of hydrazine groups is 1. The molecular weight excluding hydrogens is 260 g/mol. The molecule has 0 bridgehead atoms. The first-order valence-electron chi connectivity index (χ1n) is 5.60. The Bertz CT molecular complexity index is 753. The van der Waals surface area contributed by atoms with Crippen molar-refractivity contribution in [2.45, 2.75) is 0 Å². The minimum absolute atomic E-state index is 0.303. The van der Waals surface area contributed by atoms with Crippen molar-refractivity contribution >= 4 is 28.1 Å². The van der Waals surface area contributed by atoms with Crippen molar-refractivity contribution in [2.24, 2.45) is 5.84 Å². The van der Waals surface area contributed by atoms with E-state index < -0.39 is 5.91 Å². The molecule has 0 saturated heterocycles. The molecule has 1 amide bonds. The number of carbonyl (C=O) groups excluding carboxylic acids is 1. The number of amides is 1. The van der Waals surface area contributed by atoms with Crippen LogP contribution in [-0.4, -0.2) is 15.9 Å². The summed E-state index contributed by atoms with van der Waals surface area (Å²) in [5, 5.41) is 3.43. The number of nitrogen functional groups attached to an aromatic ring is 1. The lowest BCUT2D eigenvalue weighted by Gasteiger charge is -1.99. The van der Waals surface area contributed by atoms with Gasteiger partial charge in [0.1, 0.15) is 10.7 Å². The van der Waals surface area contributed by atoms with Gasteiger partial charge in [0, 0.05) is 10.8 Å². The number of para-hydroxylation sites is 1. The molecule has 94 valence electrons. The molecule has 5 nitrogen and oxygen atoms in total. The second-order valence-electron chi connectivity index (χ2n) is 3.90. The van der Waals surface area contributed by atoms with Crippen molar-refractivity contribution < 1.29 is 4.79 Å². The molecule has 6 heteroatoms. The number of aromatic nitrogens is 2. The summed E-state index contributed by atoms with van der Waals surface area (Å²) >= 11 is 1.36. The molecule has 3 N–H and O–H groups in total. The van der Waals surface area contributed by atoms with Gasteiger partial charge in [-0.05, 0) is 12.1 Å². The summed E-state index contributed by atoms with van der Waals surface area (Å²) in [6.45, 7) is 0. The Morgan fingerprint density at radius 2 is 2.00 bits per heavy atom. The zero-order valence-electron chi connectivity index (χ0n) is 9.83. The molecule has 3 aromatic rings. The van der Waals surface area contributed by atoms with Crippen LogP contribution in [0.1, 0.15) is 10.5 Å². The van der Waals surface area contributed by atoms with E-state index in [2.05, 4.69) is 15.4 Å². The summed E-state index contributed by atoms with van der Waals surface area (Å²) in [5.41, 5.74) is 4.02. The van der Waals surface area contributed by atoms with Crippen LogP contribution in [0.4, 0.5) is 0 Å². The normalized spacial score (nSPS) is 10.6. The molecule has 3 rings (SSSR count). The average molecular weight is 270 g/mol. The van der Waals surface area contributed by atoms with Gasteiger partial charge in [0.15, 0.2) is 0 Å². The van der Waals surface area contributed by atoms with Crippen molar-refractivity contribution in [1.82, 2.24) is 15.4 Å². The number of nitrogens with zero attached hydrogens (tertiary/aromatic N) is 2. The summed E-state index contributed by atoms with van der Waals surface area (Å²) < 4.78 is 0. The Morgan fingerprint density at radius 3 is 2.84 bits per heavy atom. The molecular formula is C13H10N4OS. The number of rotatable bonds is 2. The van der Waals surface area contributed by atoms with Crippen molar-refractivity contribution in [2.75, 3.05) is 0 Å². The Hall–Kier alpha value is -2.31. The Balaban J connectivity index is 2.04. The van der Waals surface area contributed by atoms with E-state index in [1.165, 1.54) is 11.3 Å². The van der Waals surface area contributed by atoms with Crippen LogP contribution in [0.5, 0.6) is 0 Å². The third kappa shape index (κ3) is 2.18. The third-order valence-electron chi connectivity index (χ3n) is 2.69. The zero-order chi connectivity index (χ0) is 13.2. The summed E-state index contributed by atoms with van der Waals surface area (Å²) in [5.74, 6) is 4.68. The van der Waals surface area contributed by atoms with E-state index in [0.717, 1.165) is 16.6 Å². The zero-order valence-corrected chi connectivity index (χ0v) is 10.6. The molecule has 2 heterocycles. The summed E-state index contributed by atoms with van der Waals surface area (Å²) in [6, 6.07) is 11.7. The van der Waals surface area contributed by atoms with E-state index in [1.54, 1.807) is 5.38 Å². The SMILES string of the molecule is NNC(=O)c1csc(-c2ccc3ccccc3n2)n1. The van der Waals surface area contributed by atoms with Crippen molar-refractivity contribution in [3.63, 3.8) is 0 Å². The van der Waals surface area contributed by atoms with Crippen molar-refractivity contribution in [3.8, 4) is 10.7 Å². The van der Waals surface area contributed by atoms with Crippen LogP contribution >= 0.6 is 11.3 Å². The Labute approximate surface area is 113 Å². The number of pyridine rings is 1. The van der Waals surface area contributed by atoms with Gasteiger partial charge in [0.05, 0.1) is 11.2 Å². The average Bonchev–Trinajstić information content (AvgIpc) is 2.95. The van der Waals surface area contributed by atoms with E-state index >= 15 is 0 Å². The molecule has 0 radical (unpaired) electrons. The number of fused-ring (bicyclic) bond motifs is 1. The van der Waals surface area contributed by atoms with Gasteiger partial charge < -0.3 is 0 Å². The lowest BCUT2D eigenvalue weighted by molar-refractivity contribution is 0.0949. The maximum atomic E-state index is 11.4.